The lowest BCUT2D eigenvalue weighted by atomic mass is 9.88. The lowest BCUT2D eigenvalue weighted by Gasteiger charge is -2.52. The Morgan fingerprint density at radius 2 is 1.19 bits per heavy atom. The van der Waals surface area contributed by atoms with Crippen LogP contribution in [0.4, 0.5) is 0 Å². The Labute approximate surface area is 424 Å². The van der Waals surface area contributed by atoms with E-state index < -0.39 is 235 Å². The van der Waals surface area contributed by atoms with Gasteiger partial charge < -0.3 is 160 Å². The largest absolute Gasteiger partial charge is 0.477 e. The maximum absolute atomic E-state index is 13.1. The fourth-order valence-electron chi connectivity index (χ4n) is 9.12. The summed E-state index contributed by atoms with van der Waals surface area (Å²) < 4.78 is 57.8. The average molecular weight is 1100 g/mol. The van der Waals surface area contributed by atoms with E-state index in [4.69, 9.17) is 53.1 Å². The normalized spacial score (nSPS) is 45.2. The first kappa shape index (κ1) is 63.3. The standard InChI is InChI=1S/C41H70N2O32/c1-10-21(55)26(60)27(61)37(66-10)71-31-18(9-49)69-36(73-34-24(58)16(7-47)67-38(28(34)62)70-30(15(54)6-46)22(56)13(52)4-44)20(43-11(2)50)33(31)72-39-29(63)35(25(59)17(8-48)68-39)75-41(40(64)65)3-12(51)19(42)32(74-41)23(57)14(53)5-45/h4,10,12-39,45-49,51-63H,3,5-9,42H2,1-2H3,(H,43,50)(H,64,65). The summed E-state index contributed by atoms with van der Waals surface area (Å²) in [7, 11) is 0. The molecule has 0 bridgehead atoms. The van der Waals surface area contributed by atoms with Crippen LogP contribution in [0.15, 0.2) is 0 Å². The van der Waals surface area contributed by atoms with Crippen molar-refractivity contribution in [3.63, 3.8) is 0 Å². The summed E-state index contributed by atoms with van der Waals surface area (Å²) in [5.41, 5.74) is 5.97. The van der Waals surface area contributed by atoms with Crippen molar-refractivity contribution < 1.29 is 159 Å². The third-order valence-corrected chi connectivity index (χ3v) is 13.4. The number of carbonyl (C=O) groups excluding carboxylic acids is 2. The number of carboxylic acids is 1. The summed E-state index contributed by atoms with van der Waals surface area (Å²) >= 11 is 0. The maximum atomic E-state index is 13.1. The molecule has 34 heteroatoms. The number of nitrogens with two attached hydrogens (primary N) is 1. The van der Waals surface area contributed by atoms with Crippen LogP contribution in [-0.4, -0.2) is 332 Å². The second-order valence-electron chi connectivity index (χ2n) is 18.6. The van der Waals surface area contributed by atoms with Crippen molar-refractivity contribution in [3.05, 3.63) is 0 Å². The van der Waals surface area contributed by atoms with Crippen molar-refractivity contribution in [2.45, 2.75) is 204 Å². The van der Waals surface area contributed by atoms with Gasteiger partial charge in [-0.1, -0.05) is 0 Å². The Hall–Kier alpha value is -2.55. The number of nitrogens with one attached hydrogen (secondary N) is 1. The lowest BCUT2D eigenvalue weighted by molar-refractivity contribution is -0.397. The first-order valence-electron chi connectivity index (χ1n) is 23.5. The highest BCUT2D eigenvalue weighted by Gasteiger charge is 2.61. The predicted molar refractivity (Wildman–Crippen MR) is 230 cm³/mol. The number of aldehydes is 1. The van der Waals surface area contributed by atoms with Gasteiger partial charge in [0.2, 0.25) is 5.91 Å². The van der Waals surface area contributed by atoms with E-state index >= 15 is 0 Å². The molecule has 5 aliphatic rings. The van der Waals surface area contributed by atoms with Crippen molar-refractivity contribution >= 4 is 18.2 Å². The van der Waals surface area contributed by atoms with Crippen LogP contribution < -0.4 is 11.1 Å². The average Bonchev–Trinajstić information content (AvgIpc) is 3.38. The van der Waals surface area contributed by atoms with Crippen LogP contribution in [0.1, 0.15) is 20.3 Å². The molecule has 0 aromatic rings. The van der Waals surface area contributed by atoms with E-state index in [0.717, 1.165) is 6.92 Å². The summed E-state index contributed by atoms with van der Waals surface area (Å²) in [5, 5.41) is 205. The van der Waals surface area contributed by atoms with Gasteiger partial charge in [0.1, 0.15) is 134 Å². The van der Waals surface area contributed by atoms with E-state index in [0.29, 0.717) is 0 Å². The van der Waals surface area contributed by atoms with E-state index in [-0.39, 0.29) is 6.29 Å². The summed E-state index contributed by atoms with van der Waals surface area (Å²) in [6.45, 7) is -3.59. The van der Waals surface area contributed by atoms with Gasteiger partial charge in [-0.25, -0.2) is 4.79 Å². The van der Waals surface area contributed by atoms with Gasteiger partial charge in [-0.2, -0.15) is 0 Å². The zero-order chi connectivity index (χ0) is 56.1. The van der Waals surface area contributed by atoms with E-state index in [1.165, 1.54) is 6.92 Å². The number of ether oxygens (including phenoxy) is 10. The van der Waals surface area contributed by atoms with E-state index in [1.54, 1.807) is 0 Å². The Kier molecular flexibility index (Phi) is 22.8. The van der Waals surface area contributed by atoms with E-state index in [1.807, 2.05) is 0 Å². The Bertz CT molecular complexity index is 1820. The molecule has 0 spiro atoms. The SMILES string of the molecule is CC(=O)NC1C(OC2C(O)C(CO)OC(OC(C(O)CO)C(O)C(O)C=O)C2O)OC(CO)C(OC2OC(C)C(O)C(O)C2O)C1OC1OC(CO)C(O)C(OC2(C(=O)O)CC(O)C(N)C(C(O)C(O)CO)O2)C1O. The van der Waals surface area contributed by atoms with E-state index in [9.17, 15) is 111 Å². The summed E-state index contributed by atoms with van der Waals surface area (Å²) in [5.74, 6) is -6.28. The number of aliphatic carboxylic acids is 1. The van der Waals surface area contributed by atoms with Crippen LogP contribution in [-0.2, 0) is 61.8 Å². The molecular weight excluding hydrogens is 1030 g/mol. The molecule has 75 heavy (non-hydrogen) atoms. The fraction of sp³-hybridized carbons (Fsp3) is 0.927. The van der Waals surface area contributed by atoms with Crippen LogP contribution in [0, 0.1) is 0 Å². The second-order valence-corrected chi connectivity index (χ2v) is 18.6. The van der Waals surface area contributed by atoms with Gasteiger partial charge in [0.05, 0.1) is 51.3 Å². The zero-order valence-electron chi connectivity index (χ0n) is 39.9. The molecule has 436 valence electrons. The minimum absolute atomic E-state index is 0.163. The minimum atomic E-state index is -3.20. The third-order valence-electron chi connectivity index (χ3n) is 13.4. The van der Waals surface area contributed by atoms with Gasteiger partial charge in [-0.3, -0.25) is 4.79 Å². The highest BCUT2D eigenvalue weighted by atomic mass is 16.8. The Morgan fingerprint density at radius 1 is 0.667 bits per heavy atom. The van der Waals surface area contributed by atoms with E-state index in [2.05, 4.69) is 5.32 Å². The first-order chi connectivity index (χ1) is 35.3. The number of carbonyl (C=O) groups is 3. The van der Waals surface area contributed by atoms with Gasteiger partial charge in [0, 0.05) is 13.3 Å². The molecule has 0 aliphatic carbocycles. The van der Waals surface area contributed by atoms with Crippen molar-refractivity contribution in [2.24, 2.45) is 5.73 Å². The number of amides is 1. The molecule has 5 rings (SSSR count). The quantitative estimate of drug-likeness (QED) is 0.0423. The molecule has 30 atom stereocenters. The summed E-state index contributed by atoms with van der Waals surface area (Å²) in [6.07, 6.45) is -57.8. The topological polar surface area (TPSA) is 566 Å². The molecule has 5 saturated heterocycles. The predicted octanol–water partition coefficient (Wildman–Crippen LogP) is -13.9. The molecule has 0 aromatic carbocycles. The molecule has 0 aromatic heterocycles. The van der Waals surface area contributed by atoms with Gasteiger partial charge in [0.15, 0.2) is 31.4 Å². The molecule has 0 saturated carbocycles. The monoisotopic (exact) mass is 1100 g/mol. The summed E-state index contributed by atoms with van der Waals surface area (Å²) in [4.78, 5) is 37.4. The Balaban J connectivity index is 1.59. The zero-order valence-corrected chi connectivity index (χ0v) is 39.9. The minimum Gasteiger partial charge on any atom is -0.477 e. The van der Waals surface area contributed by atoms with Gasteiger partial charge in [-0.15, -0.1) is 0 Å². The molecule has 0 radical (unpaired) electrons. The fourth-order valence-corrected chi connectivity index (χ4v) is 9.12. The molecule has 1 amide bonds. The van der Waals surface area contributed by atoms with Gasteiger partial charge >= 0.3 is 5.97 Å². The maximum Gasteiger partial charge on any atom is 0.364 e. The van der Waals surface area contributed by atoms with Crippen LogP contribution in [0.3, 0.4) is 0 Å². The highest BCUT2D eigenvalue weighted by molar-refractivity contribution is 5.76. The van der Waals surface area contributed by atoms with Gasteiger partial charge in [-0.05, 0) is 6.92 Å². The number of hydrogen-bond donors (Lipinski definition) is 21. The molecule has 5 heterocycles. The van der Waals surface area contributed by atoms with Crippen LogP contribution >= 0.6 is 0 Å². The van der Waals surface area contributed by atoms with Crippen LogP contribution in [0.2, 0.25) is 0 Å². The van der Waals surface area contributed by atoms with Crippen LogP contribution in [0.25, 0.3) is 0 Å². The first-order valence-corrected chi connectivity index (χ1v) is 23.5. The summed E-state index contributed by atoms with van der Waals surface area (Å²) in [6, 6.07) is -3.67. The molecular formula is C41H70N2O32. The number of hydrogen-bond acceptors (Lipinski definition) is 32. The smallest absolute Gasteiger partial charge is 0.364 e. The molecule has 5 fully saturated rings. The second kappa shape index (κ2) is 27.1. The molecule has 30 unspecified atom stereocenters. The Morgan fingerprint density at radius 3 is 1.73 bits per heavy atom. The third kappa shape index (κ3) is 13.7. The lowest BCUT2D eigenvalue weighted by Crippen LogP contribution is -2.72. The number of carboxylic acid groups (broad SMARTS) is 1. The number of aliphatic hydroxyl groups is 18. The van der Waals surface area contributed by atoms with Gasteiger partial charge in [0.25, 0.3) is 5.79 Å². The molecule has 5 aliphatic heterocycles. The van der Waals surface area contributed by atoms with Crippen molar-refractivity contribution in [3.8, 4) is 0 Å². The van der Waals surface area contributed by atoms with Crippen LogP contribution in [0.5, 0.6) is 0 Å². The van der Waals surface area contributed by atoms with Crippen molar-refractivity contribution in [1.82, 2.24) is 5.32 Å². The highest BCUT2D eigenvalue weighted by Crippen LogP contribution is 2.40. The van der Waals surface area contributed by atoms with Crippen molar-refractivity contribution in [1.29, 1.82) is 0 Å². The molecule has 34 nitrogen and oxygen atoms in total. The number of aliphatic hydroxyl groups excluding tert-OH is 18. The molecule has 22 N–H and O–H groups in total. The number of rotatable bonds is 23. The van der Waals surface area contributed by atoms with Crippen molar-refractivity contribution in [2.75, 3.05) is 33.0 Å².